The van der Waals surface area contributed by atoms with Crippen LogP contribution in [0.4, 0.5) is 0 Å². The summed E-state index contributed by atoms with van der Waals surface area (Å²) in [6.45, 7) is 7.46. The lowest BCUT2D eigenvalue weighted by atomic mass is 10.1. The molecule has 3 heteroatoms. The zero-order chi connectivity index (χ0) is 11.6. The van der Waals surface area contributed by atoms with Gasteiger partial charge in [0.25, 0.3) is 0 Å². The normalized spacial score (nSPS) is 16.9. The molecule has 0 spiro atoms. The second kappa shape index (κ2) is 4.58. The van der Waals surface area contributed by atoms with Crippen LogP contribution in [0, 0.1) is 0 Å². The minimum atomic E-state index is 0.163. The molecule has 2 rings (SSSR count). The lowest BCUT2D eigenvalue weighted by Gasteiger charge is -2.20. The van der Waals surface area contributed by atoms with Gasteiger partial charge in [0.2, 0.25) is 0 Å². The molecule has 16 heavy (non-hydrogen) atoms. The molecule has 1 aromatic rings. The minimum Gasteiger partial charge on any atom is -0.306 e. The number of rotatable bonds is 2. The average Bonchev–Trinajstić information content (AvgIpc) is 2.43. The van der Waals surface area contributed by atoms with E-state index in [2.05, 4.69) is 36.3 Å². The van der Waals surface area contributed by atoms with Gasteiger partial charge in [0.1, 0.15) is 0 Å². The second-order valence-corrected chi connectivity index (χ2v) is 5.79. The molecule has 90 valence electrons. The lowest BCUT2D eigenvalue weighted by Crippen LogP contribution is -2.35. The topological polar surface area (TPSA) is 40.7 Å². The van der Waals surface area contributed by atoms with Crippen molar-refractivity contribution in [2.24, 2.45) is 0 Å². The monoisotopic (exact) mass is 221 g/mol. The summed E-state index contributed by atoms with van der Waals surface area (Å²) in [4.78, 5) is 0. The van der Waals surface area contributed by atoms with Crippen molar-refractivity contribution in [1.82, 2.24) is 15.5 Å². The Balaban J connectivity index is 2.07. The summed E-state index contributed by atoms with van der Waals surface area (Å²) in [5, 5.41) is 11.2. The lowest BCUT2D eigenvalue weighted by molar-refractivity contribution is 0.420. The van der Waals surface area contributed by atoms with E-state index in [-0.39, 0.29) is 5.54 Å². The first-order chi connectivity index (χ1) is 7.56. The van der Waals surface area contributed by atoms with Gasteiger partial charge in [-0.1, -0.05) is 6.42 Å². The van der Waals surface area contributed by atoms with E-state index in [9.17, 15) is 0 Å². The molecule has 0 amide bonds. The number of fused-ring (bicyclic) bond motifs is 1. The summed E-state index contributed by atoms with van der Waals surface area (Å²) in [7, 11) is 0. The van der Waals surface area contributed by atoms with Crippen LogP contribution in [0.5, 0.6) is 0 Å². The quantitative estimate of drug-likeness (QED) is 0.754. The van der Waals surface area contributed by atoms with Gasteiger partial charge >= 0.3 is 0 Å². The van der Waals surface area contributed by atoms with Crippen LogP contribution >= 0.6 is 0 Å². The van der Waals surface area contributed by atoms with E-state index in [0.717, 1.165) is 6.54 Å². The maximum absolute atomic E-state index is 4.46. The Morgan fingerprint density at radius 3 is 2.69 bits per heavy atom. The van der Waals surface area contributed by atoms with E-state index < -0.39 is 0 Å². The van der Waals surface area contributed by atoms with Crippen molar-refractivity contribution < 1.29 is 0 Å². The van der Waals surface area contributed by atoms with E-state index >= 15 is 0 Å². The molecule has 0 bridgehead atoms. The fourth-order valence-corrected chi connectivity index (χ4v) is 2.22. The third-order valence-electron chi connectivity index (χ3n) is 3.18. The maximum atomic E-state index is 4.46. The van der Waals surface area contributed by atoms with Gasteiger partial charge in [-0.3, -0.25) is 5.10 Å². The zero-order valence-corrected chi connectivity index (χ0v) is 10.7. The van der Waals surface area contributed by atoms with E-state index in [1.165, 1.54) is 49.1 Å². The molecule has 0 atom stereocenters. The molecule has 1 aliphatic carbocycles. The standard InChI is InChI=1S/C13H23N3/c1-13(2,3)14-9-12-10-7-5-4-6-8-11(10)15-16-12/h14H,4-9H2,1-3H3,(H,15,16). The van der Waals surface area contributed by atoms with Crippen molar-refractivity contribution in [1.29, 1.82) is 0 Å². The predicted octanol–water partition coefficient (Wildman–Crippen LogP) is 2.57. The predicted molar refractivity (Wildman–Crippen MR) is 66.4 cm³/mol. The van der Waals surface area contributed by atoms with Crippen molar-refractivity contribution in [2.45, 2.75) is 65.0 Å². The van der Waals surface area contributed by atoms with Crippen LogP contribution in [0.15, 0.2) is 0 Å². The van der Waals surface area contributed by atoms with Gasteiger partial charge < -0.3 is 5.32 Å². The van der Waals surface area contributed by atoms with Crippen LogP contribution in [-0.4, -0.2) is 15.7 Å². The van der Waals surface area contributed by atoms with Gasteiger partial charge in [0, 0.05) is 17.8 Å². The number of aromatic amines is 1. The van der Waals surface area contributed by atoms with E-state index in [4.69, 9.17) is 0 Å². The van der Waals surface area contributed by atoms with Gasteiger partial charge in [-0.05, 0) is 52.0 Å². The molecule has 1 heterocycles. The van der Waals surface area contributed by atoms with Gasteiger partial charge in [0.15, 0.2) is 0 Å². The van der Waals surface area contributed by atoms with E-state index in [1.807, 2.05) is 0 Å². The first kappa shape index (κ1) is 11.6. The van der Waals surface area contributed by atoms with Crippen LogP contribution in [0.1, 0.15) is 57.0 Å². The van der Waals surface area contributed by atoms with Crippen LogP contribution in [0.3, 0.4) is 0 Å². The Morgan fingerprint density at radius 1 is 1.19 bits per heavy atom. The molecular formula is C13H23N3. The van der Waals surface area contributed by atoms with Crippen molar-refractivity contribution >= 4 is 0 Å². The highest BCUT2D eigenvalue weighted by Gasteiger charge is 2.17. The second-order valence-electron chi connectivity index (χ2n) is 5.79. The van der Waals surface area contributed by atoms with Crippen LogP contribution < -0.4 is 5.32 Å². The van der Waals surface area contributed by atoms with Crippen LogP contribution in [0.25, 0.3) is 0 Å². The molecule has 0 unspecified atom stereocenters. The molecule has 1 aromatic heterocycles. The molecule has 1 aliphatic rings. The highest BCUT2D eigenvalue weighted by atomic mass is 15.1. The first-order valence-electron chi connectivity index (χ1n) is 6.36. The van der Waals surface area contributed by atoms with Crippen LogP contribution in [0.2, 0.25) is 0 Å². The molecule has 0 saturated heterocycles. The maximum Gasteiger partial charge on any atom is 0.0794 e. The minimum absolute atomic E-state index is 0.163. The van der Waals surface area contributed by atoms with Gasteiger partial charge in [-0.25, -0.2) is 0 Å². The van der Waals surface area contributed by atoms with Gasteiger partial charge in [-0.15, -0.1) is 0 Å². The van der Waals surface area contributed by atoms with Crippen molar-refractivity contribution in [3.63, 3.8) is 0 Å². The van der Waals surface area contributed by atoms with Gasteiger partial charge in [0.05, 0.1) is 5.69 Å². The fraction of sp³-hybridized carbons (Fsp3) is 0.769. The van der Waals surface area contributed by atoms with E-state index in [0.29, 0.717) is 0 Å². The van der Waals surface area contributed by atoms with Gasteiger partial charge in [-0.2, -0.15) is 5.10 Å². The highest BCUT2D eigenvalue weighted by Crippen LogP contribution is 2.21. The van der Waals surface area contributed by atoms with Crippen molar-refractivity contribution in [3.05, 3.63) is 17.0 Å². The Labute approximate surface area is 98.0 Å². The number of nitrogens with one attached hydrogen (secondary N) is 2. The summed E-state index contributed by atoms with van der Waals surface area (Å²) in [5.74, 6) is 0. The number of H-pyrrole nitrogens is 1. The Morgan fingerprint density at radius 2 is 1.94 bits per heavy atom. The molecule has 0 aromatic carbocycles. The smallest absolute Gasteiger partial charge is 0.0794 e. The first-order valence-corrected chi connectivity index (χ1v) is 6.36. The number of hydrogen-bond acceptors (Lipinski definition) is 2. The highest BCUT2D eigenvalue weighted by molar-refractivity contribution is 5.26. The third-order valence-corrected chi connectivity index (χ3v) is 3.18. The van der Waals surface area contributed by atoms with Crippen molar-refractivity contribution in [2.75, 3.05) is 0 Å². The van der Waals surface area contributed by atoms with E-state index in [1.54, 1.807) is 0 Å². The molecule has 2 N–H and O–H groups in total. The fourth-order valence-electron chi connectivity index (χ4n) is 2.22. The van der Waals surface area contributed by atoms with Crippen molar-refractivity contribution in [3.8, 4) is 0 Å². The van der Waals surface area contributed by atoms with Crippen LogP contribution in [-0.2, 0) is 19.4 Å². The SMILES string of the molecule is CC(C)(C)NCc1n[nH]c2c1CCCCC2. The molecule has 3 nitrogen and oxygen atoms in total. The molecule has 0 aliphatic heterocycles. The number of hydrogen-bond donors (Lipinski definition) is 2. The summed E-state index contributed by atoms with van der Waals surface area (Å²) < 4.78 is 0. The third kappa shape index (κ3) is 2.85. The molecule has 0 radical (unpaired) electrons. The Hall–Kier alpha value is -0.830. The number of aryl methyl sites for hydroxylation is 1. The average molecular weight is 221 g/mol. The molecular weight excluding hydrogens is 198 g/mol. The largest absolute Gasteiger partial charge is 0.306 e. The summed E-state index contributed by atoms with van der Waals surface area (Å²) in [6, 6.07) is 0. The summed E-state index contributed by atoms with van der Waals surface area (Å²) in [5.41, 5.74) is 4.25. The molecule has 0 fully saturated rings. The number of aromatic nitrogens is 2. The Bertz CT molecular complexity index is 347. The molecule has 0 saturated carbocycles. The summed E-state index contributed by atoms with van der Waals surface area (Å²) in [6.07, 6.45) is 6.36. The number of nitrogens with zero attached hydrogens (tertiary/aromatic N) is 1. The zero-order valence-electron chi connectivity index (χ0n) is 10.7. The Kier molecular flexibility index (Phi) is 3.33. The summed E-state index contributed by atoms with van der Waals surface area (Å²) >= 11 is 0.